The molecule has 18 heavy (non-hydrogen) atoms. The monoisotopic (exact) mass is 267 g/mol. The highest BCUT2D eigenvalue weighted by Crippen LogP contribution is 2.27. The molecule has 1 aromatic rings. The van der Waals surface area contributed by atoms with Crippen LogP contribution in [0.15, 0.2) is 30.3 Å². The predicted molar refractivity (Wildman–Crippen MR) is 81.1 cm³/mol. The molecule has 2 N–H and O–H groups in total. The maximum Gasteiger partial charge on any atom is 0.0760 e. The van der Waals surface area contributed by atoms with Crippen LogP contribution in [0.1, 0.15) is 32.8 Å². The molecule has 2 nitrogen and oxygen atoms in total. The van der Waals surface area contributed by atoms with E-state index < -0.39 is 0 Å². The third-order valence-electron chi connectivity index (χ3n) is 2.97. The van der Waals surface area contributed by atoms with Gasteiger partial charge in [-0.1, -0.05) is 51.1 Å². The van der Waals surface area contributed by atoms with Crippen molar-refractivity contribution in [3.63, 3.8) is 0 Å². The van der Waals surface area contributed by atoms with Gasteiger partial charge in [-0.2, -0.15) is 11.8 Å². The zero-order valence-electron chi connectivity index (χ0n) is 11.6. The maximum absolute atomic E-state index is 9.89. The van der Waals surface area contributed by atoms with Crippen LogP contribution in [-0.2, 0) is 5.54 Å². The van der Waals surface area contributed by atoms with Crippen LogP contribution in [0.4, 0.5) is 0 Å². The zero-order valence-corrected chi connectivity index (χ0v) is 12.5. The van der Waals surface area contributed by atoms with E-state index >= 15 is 0 Å². The van der Waals surface area contributed by atoms with E-state index in [2.05, 4.69) is 38.2 Å². The number of hydrogen-bond acceptors (Lipinski definition) is 3. The first-order valence-electron chi connectivity index (χ1n) is 6.67. The molecule has 0 saturated carbocycles. The quantitative estimate of drug-likeness (QED) is 0.759. The fourth-order valence-corrected chi connectivity index (χ4v) is 2.84. The Morgan fingerprint density at radius 2 is 1.94 bits per heavy atom. The van der Waals surface area contributed by atoms with E-state index in [0.717, 1.165) is 18.7 Å². The molecule has 0 aromatic heterocycles. The molecule has 0 spiro atoms. The lowest BCUT2D eigenvalue weighted by Gasteiger charge is -2.34. The molecule has 0 aliphatic rings. The van der Waals surface area contributed by atoms with Crippen LogP contribution in [0, 0.1) is 0 Å². The maximum atomic E-state index is 9.89. The van der Waals surface area contributed by atoms with Gasteiger partial charge in [0, 0.05) is 5.75 Å². The van der Waals surface area contributed by atoms with Gasteiger partial charge in [0.25, 0.3) is 0 Å². The Labute approximate surface area is 115 Å². The van der Waals surface area contributed by atoms with Crippen molar-refractivity contribution in [2.45, 2.75) is 38.0 Å². The first kappa shape index (κ1) is 15.5. The van der Waals surface area contributed by atoms with E-state index in [1.807, 2.05) is 30.0 Å². The fourth-order valence-electron chi connectivity index (χ4n) is 1.86. The second kappa shape index (κ2) is 7.82. The molecular formula is C15H25NOS. The third-order valence-corrected chi connectivity index (χ3v) is 4.30. The van der Waals surface area contributed by atoms with E-state index in [1.54, 1.807) is 0 Å². The summed E-state index contributed by atoms with van der Waals surface area (Å²) in [7, 11) is 0. The molecule has 0 amide bonds. The number of benzene rings is 1. The molecule has 1 unspecified atom stereocenters. The minimum atomic E-state index is -0.313. The molecule has 0 bridgehead atoms. The van der Waals surface area contributed by atoms with Gasteiger partial charge in [0.15, 0.2) is 0 Å². The zero-order chi connectivity index (χ0) is 13.4. The van der Waals surface area contributed by atoms with Crippen LogP contribution >= 0.6 is 11.8 Å². The smallest absolute Gasteiger partial charge is 0.0760 e. The molecule has 0 aliphatic carbocycles. The normalized spacial score (nSPS) is 14.7. The Kier molecular flexibility index (Phi) is 6.76. The van der Waals surface area contributed by atoms with Gasteiger partial charge in [0.1, 0.15) is 0 Å². The van der Waals surface area contributed by atoms with Crippen molar-refractivity contribution in [2.75, 3.05) is 18.9 Å². The van der Waals surface area contributed by atoms with Crippen LogP contribution in [0.2, 0.25) is 0 Å². The summed E-state index contributed by atoms with van der Waals surface area (Å²) in [6.07, 6.45) is 1.07. The highest BCUT2D eigenvalue weighted by atomic mass is 32.2. The van der Waals surface area contributed by atoms with Gasteiger partial charge in [0.05, 0.1) is 12.1 Å². The van der Waals surface area contributed by atoms with E-state index in [9.17, 15) is 5.11 Å². The van der Waals surface area contributed by atoms with Crippen LogP contribution in [0.3, 0.4) is 0 Å². The standard InChI is InChI=1S/C15H25NOS/c1-4-10-16-15(11-17,12-18-13(2)3)14-8-6-5-7-9-14/h5-9,13,16-17H,4,10-12H2,1-3H3. The second-order valence-corrected chi connectivity index (χ2v) is 6.46. The summed E-state index contributed by atoms with van der Waals surface area (Å²) in [6.45, 7) is 7.59. The second-order valence-electron chi connectivity index (χ2n) is 4.89. The van der Waals surface area contributed by atoms with Crippen LogP contribution < -0.4 is 5.32 Å². The number of hydrogen-bond donors (Lipinski definition) is 2. The number of thioether (sulfide) groups is 1. The Bertz CT molecular complexity index is 329. The van der Waals surface area contributed by atoms with Gasteiger partial charge in [0.2, 0.25) is 0 Å². The number of aliphatic hydroxyl groups excluding tert-OH is 1. The Hall–Kier alpha value is -0.510. The van der Waals surface area contributed by atoms with Gasteiger partial charge in [-0.3, -0.25) is 0 Å². The Balaban J connectivity index is 2.90. The van der Waals surface area contributed by atoms with Crippen molar-refractivity contribution in [3.05, 3.63) is 35.9 Å². The van der Waals surface area contributed by atoms with Gasteiger partial charge < -0.3 is 10.4 Å². The summed E-state index contributed by atoms with van der Waals surface area (Å²) in [5, 5.41) is 14.0. The van der Waals surface area contributed by atoms with Crippen molar-refractivity contribution < 1.29 is 5.11 Å². The lowest BCUT2D eigenvalue weighted by molar-refractivity contribution is 0.179. The molecule has 102 valence electrons. The summed E-state index contributed by atoms with van der Waals surface area (Å²) in [5.41, 5.74) is 0.862. The number of nitrogens with one attached hydrogen (secondary N) is 1. The molecule has 0 heterocycles. The van der Waals surface area contributed by atoms with Crippen molar-refractivity contribution in [2.24, 2.45) is 0 Å². The largest absolute Gasteiger partial charge is 0.394 e. The molecule has 0 aliphatic heterocycles. The van der Waals surface area contributed by atoms with E-state index in [4.69, 9.17) is 0 Å². The van der Waals surface area contributed by atoms with Gasteiger partial charge in [-0.05, 0) is 23.8 Å². The lowest BCUT2D eigenvalue weighted by atomic mass is 9.92. The van der Waals surface area contributed by atoms with Crippen LogP contribution in [0.5, 0.6) is 0 Å². The summed E-state index contributed by atoms with van der Waals surface area (Å²) in [6, 6.07) is 10.3. The number of rotatable bonds is 8. The SMILES string of the molecule is CCCNC(CO)(CSC(C)C)c1ccccc1. The van der Waals surface area contributed by atoms with Gasteiger partial charge in [-0.15, -0.1) is 0 Å². The first-order valence-corrected chi connectivity index (χ1v) is 7.72. The van der Waals surface area contributed by atoms with Gasteiger partial charge in [-0.25, -0.2) is 0 Å². The first-order chi connectivity index (χ1) is 8.64. The highest BCUT2D eigenvalue weighted by molar-refractivity contribution is 7.99. The number of aliphatic hydroxyl groups is 1. The summed E-state index contributed by atoms with van der Waals surface area (Å²) in [4.78, 5) is 0. The molecule has 0 fully saturated rings. The van der Waals surface area contributed by atoms with Crippen molar-refractivity contribution in [1.82, 2.24) is 5.32 Å². The lowest BCUT2D eigenvalue weighted by Crippen LogP contribution is -2.48. The minimum absolute atomic E-state index is 0.136. The third kappa shape index (κ3) is 4.30. The molecule has 0 saturated heterocycles. The fraction of sp³-hybridized carbons (Fsp3) is 0.600. The summed E-state index contributed by atoms with van der Waals surface area (Å²) in [5.74, 6) is 0.894. The molecule has 1 atom stereocenters. The Morgan fingerprint density at radius 1 is 1.28 bits per heavy atom. The van der Waals surface area contributed by atoms with E-state index in [0.29, 0.717) is 5.25 Å². The minimum Gasteiger partial charge on any atom is -0.394 e. The van der Waals surface area contributed by atoms with E-state index in [-0.39, 0.29) is 12.1 Å². The average Bonchev–Trinajstić information content (AvgIpc) is 2.40. The van der Waals surface area contributed by atoms with Crippen molar-refractivity contribution in [1.29, 1.82) is 0 Å². The Morgan fingerprint density at radius 3 is 2.44 bits per heavy atom. The summed E-state index contributed by atoms with van der Waals surface area (Å²) >= 11 is 1.89. The molecule has 3 heteroatoms. The highest BCUT2D eigenvalue weighted by Gasteiger charge is 2.30. The van der Waals surface area contributed by atoms with Crippen LogP contribution in [0.25, 0.3) is 0 Å². The predicted octanol–water partition coefficient (Wildman–Crippen LogP) is 3.02. The average molecular weight is 267 g/mol. The molecule has 1 aromatic carbocycles. The van der Waals surface area contributed by atoms with Crippen molar-refractivity contribution in [3.8, 4) is 0 Å². The summed E-state index contributed by atoms with van der Waals surface area (Å²) < 4.78 is 0. The van der Waals surface area contributed by atoms with E-state index in [1.165, 1.54) is 5.56 Å². The van der Waals surface area contributed by atoms with Gasteiger partial charge >= 0.3 is 0 Å². The topological polar surface area (TPSA) is 32.3 Å². The van der Waals surface area contributed by atoms with Crippen molar-refractivity contribution >= 4 is 11.8 Å². The molecule has 0 radical (unpaired) electrons. The van der Waals surface area contributed by atoms with Crippen LogP contribution in [-0.4, -0.2) is 29.3 Å². The molecule has 1 rings (SSSR count). The molecular weight excluding hydrogens is 242 g/mol.